The Morgan fingerprint density at radius 2 is 1.76 bits per heavy atom. The van der Waals surface area contributed by atoms with E-state index in [9.17, 15) is 9.59 Å². The number of nitrogens with one attached hydrogen (secondary N) is 1. The smallest absolute Gasteiger partial charge is 0.356 e. The number of hydrogen-bond donors (Lipinski definition) is 2. The molecule has 0 spiro atoms. The summed E-state index contributed by atoms with van der Waals surface area (Å²) in [5, 5.41) is 11.7. The summed E-state index contributed by atoms with van der Waals surface area (Å²) in [6.07, 6.45) is 1.38. The molecule has 1 aromatic carbocycles. The summed E-state index contributed by atoms with van der Waals surface area (Å²) in [7, 11) is 0. The minimum absolute atomic E-state index is 0.164. The van der Waals surface area contributed by atoms with Gasteiger partial charge in [0.2, 0.25) is 0 Å². The summed E-state index contributed by atoms with van der Waals surface area (Å²) >= 11 is 0. The first-order valence-electron chi connectivity index (χ1n) is 6.46. The molecule has 6 heteroatoms. The second-order valence-corrected chi connectivity index (χ2v) is 4.76. The van der Waals surface area contributed by atoms with Gasteiger partial charge in [0.05, 0.1) is 5.69 Å². The standard InChI is InChI=1S/C15H13N3O3/c19-14(20)13-12(6-3-7-16-13)17-15(21)18-8-10-4-1-2-5-11(10)9-18/h1-7H,8-9H2,(H,17,21)(H,19,20). The van der Waals surface area contributed by atoms with Crippen molar-refractivity contribution in [3.63, 3.8) is 0 Å². The van der Waals surface area contributed by atoms with E-state index in [0.717, 1.165) is 11.1 Å². The summed E-state index contributed by atoms with van der Waals surface area (Å²) in [5.74, 6) is -1.17. The summed E-state index contributed by atoms with van der Waals surface area (Å²) in [6, 6.07) is 10.6. The van der Waals surface area contributed by atoms with Crippen LogP contribution in [-0.2, 0) is 13.1 Å². The van der Waals surface area contributed by atoms with Gasteiger partial charge in [-0.3, -0.25) is 0 Å². The number of benzene rings is 1. The van der Waals surface area contributed by atoms with Crippen LogP contribution in [0.25, 0.3) is 0 Å². The first-order valence-corrected chi connectivity index (χ1v) is 6.46. The summed E-state index contributed by atoms with van der Waals surface area (Å²) < 4.78 is 0. The van der Waals surface area contributed by atoms with Gasteiger partial charge in [-0.05, 0) is 23.3 Å². The van der Waals surface area contributed by atoms with Crippen LogP contribution in [0, 0.1) is 0 Å². The molecule has 0 saturated carbocycles. The van der Waals surface area contributed by atoms with E-state index in [1.165, 1.54) is 12.3 Å². The molecule has 1 aliphatic rings. The quantitative estimate of drug-likeness (QED) is 0.886. The lowest BCUT2D eigenvalue weighted by Crippen LogP contribution is -2.31. The number of urea groups is 1. The lowest BCUT2D eigenvalue weighted by atomic mass is 10.1. The van der Waals surface area contributed by atoms with Gasteiger partial charge in [0.25, 0.3) is 0 Å². The van der Waals surface area contributed by atoms with E-state index in [1.807, 2.05) is 24.3 Å². The number of nitrogens with zero attached hydrogens (tertiary/aromatic N) is 2. The number of carboxylic acid groups (broad SMARTS) is 1. The number of carbonyl (C=O) groups is 2. The van der Waals surface area contributed by atoms with Crippen LogP contribution >= 0.6 is 0 Å². The number of rotatable bonds is 2. The van der Waals surface area contributed by atoms with E-state index >= 15 is 0 Å². The molecule has 106 valence electrons. The first-order chi connectivity index (χ1) is 10.1. The Bertz CT molecular complexity index is 690. The fraction of sp³-hybridized carbons (Fsp3) is 0.133. The highest BCUT2D eigenvalue weighted by Crippen LogP contribution is 2.23. The Balaban J connectivity index is 1.76. The first kappa shape index (κ1) is 13.1. The van der Waals surface area contributed by atoms with Gasteiger partial charge in [0.15, 0.2) is 5.69 Å². The van der Waals surface area contributed by atoms with E-state index in [-0.39, 0.29) is 17.4 Å². The van der Waals surface area contributed by atoms with Crippen LogP contribution in [0.5, 0.6) is 0 Å². The van der Waals surface area contributed by atoms with Crippen molar-refractivity contribution >= 4 is 17.7 Å². The normalized spacial score (nSPS) is 12.9. The average Bonchev–Trinajstić information content (AvgIpc) is 2.91. The van der Waals surface area contributed by atoms with Crippen LogP contribution in [0.2, 0.25) is 0 Å². The molecular formula is C15H13N3O3. The van der Waals surface area contributed by atoms with Crippen molar-refractivity contribution in [2.45, 2.75) is 13.1 Å². The molecule has 2 amide bonds. The second-order valence-electron chi connectivity index (χ2n) is 4.76. The number of pyridine rings is 1. The predicted molar refractivity (Wildman–Crippen MR) is 75.9 cm³/mol. The number of aromatic nitrogens is 1. The molecule has 1 aliphatic heterocycles. The maximum Gasteiger partial charge on any atom is 0.356 e. The van der Waals surface area contributed by atoms with Gasteiger partial charge >= 0.3 is 12.0 Å². The van der Waals surface area contributed by atoms with E-state index in [2.05, 4.69) is 10.3 Å². The third-order valence-electron chi connectivity index (χ3n) is 3.38. The molecule has 21 heavy (non-hydrogen) atoms. The van der Waals surface area contributed by atoms with Crippen LogP contribution < -0.4 is 5.32 Å². The third-order valence-corrected chi connectivity index (χ3v) is 3.38. The zero-order valence-corrected chi connectivity index (χ0v) is 11.1. The van der Waals surface area contributed by atoms with Crippen molar-refractivity contribution in [1.82, 2.24) is 9.88 Å². The van der Waals surface area contributed by atoms with Gasteiger partial charge in [-0.2, -0.15) is 0 Å². The average molecular weight is 283 g/mol. The van der Waals surface area contributed by atoms with E-state index in [4.69, 9.17) is 5.11 Å². The molecule has 0 aliphatic carbocycles. The predicted octanol–water partition coefficient (Wildman–Crippen LogP) is 2.33. The molecule has 0 radical (unpaired) electrons. The monoisotopic (exact) mass is 283 g/mol. The van der Waals surface area contributed by atoms with Gasteiger partial charge in [-0.15, -0.1) is 0 Å². The van der Waals surface area contributed by atoms with Gasteiger partial charge < -0.3 is 15.3 Å². The molecule has 0 atom stereocenters. The Hall–Kier alpha value is -2.89. The van der Waals surface area contributed by atoms with Crippen molar-refractivity contribution < 1.29 is 14.7 Å². The molecule has 1 aromatic heterocycles. The third kappa shape index (κ3) is 2.55. The zero-order chi connectivity index (χ0) is 14.8. The van der Waals surface area contributed by atoms with Crippen molar-refractivity contribution in [3.05, 3.63) is 59.4 Å². The van der Waals surface area contributed by atoms with Crippen molar-refractivity contribution in [3.8, 4) is 0 Å². The molecule has 0 bridgehead atoms. The molecule has 0 saturated heterocycles. The van der Waals surface area contributed by atoms with Gasteiger partial charge in [-0.1, -0.05) is 24.3 Å². The summed E-state index contributed by atoms with van der Waals surface area (Å²) in [5.41, 5.74) is 2.25. The highest BCUT2D eigenvalue weighted by Gasteiger charge is 2.24. The topological polar surface area (TPSA) is 82.5 Å². The maximum absolute atomic E-state index is 12.3. The van der Waals surface area contributed by atoms with Crippen LogP contribution in [0.4, 0.5) is 10.5 Å². The van der Waals surface area contributed by atoms with E-state index < -0.39 is 5.97 Å². The van der Waals surface area contributed by atoms with Gasteiger partial charge in [0.1, 0.15) is 0 Å². The number of aromatic carboxylic acids is 1. The SMILES string of the molecule is O=C(O)c1ncccc1NC(=O)N1Cc2ccccc2C1. The lowest BCUT2D eigenvalue weighted by Gasteiger charge is -2.17. The van der Waals surface area contributed by atoms with Crippen molar-refractivity contribution in [1.29, 1.82) is 0 Å². The number of hydrogen-bond acceptors (Lipinski definition) is 3. The number of fused-ring (bicyclic) bond motifs is 1. The molecule has 2 heterocycles. The fourth-order valence-corrected chi connectivity index (χ4v) is 2.35. The van der Waals surface area contributed by atoms with Gasteiger partial charge in [0, 0.05) is 19.3 Å². The van der Waals surface area contributed by atoms with Crippen LogP contribution in [-0.4, -0.2) is 27.0 Å². The summed E-state index contributed by atoms with van der Waals surface area (Å²) in [6.45, 7) is 1.04. The minimum atomic E-state index is -1.17. The van der Waals surface area contributed by atoms with Crippen LogP contribution in [0.1, 0.15) is 21.6 Å². The minimum Gasteiger partial charge on any atom is -0.476 e. The molecule has 0 fully saturated rings. The largest absolute Gasteiger partial charge is 0.476 e. The Morgan fingerprint density at radius 3 is 2.38 bits per heavy atom. The number of amides is 2. The number of carbonyl (C=O) groups excluding carboxylic acids is 1. The molecular weight excluding hydrogens is 270 g/mol. The summed E-state index contributed by atoms with van der Waals surface area (Å²) in [4.78, 5) is 28.7. The Labute approximate surface area is 121 Å². The zero-order valence-electron chi connectivity index (χ0n) is 11.1. The Kier molecular flexibility index (Phi) is 3.27. The van der Waals surface area contributed by atoms with Crippen molar-refractivity contribution in [2.75, 3.05) is 5.32 Å². The molecule has 2 N–H and O–H groups in total. The number of carboxylic acids is 1. The highest BCUT2D eigenvalue weighted by atomic mass is 16.4. The van der Waals surface area contributed by atoms with E-state index in [0.29, 0.717) is 13.1 Å². The molecule has 2 aromatic rings. The second kappa shape index (κ2) is 5.24. The maximum atomic E-state index is 12.3. The van der Waals surface area contributed by atoms with Gasteiger partial charge in [-0.25, -0.2) is 14.6 Å². The molecule has 0 unspecified atom stereocenters. The van der Waals surface area contributed by atoms with Crippen LogP contribution in [0.3, 0.4) is 0 Å². The van der Waals surface area contributed by atoms with E-state index in [1.54, 1.807) is 11.0 Å². The molecule has 3 rings (SSSR count). The Morgan fingerprint density at radius 1 is 1.10 bits per heavy atom. The lowest BCUT2D eigenvalue weighted by molar-refractivity contribution is 0.0691. The number of anilines is 1. The van der Waals surface area contributed by atoms with Crippen molar-refractivity contribution in [2.24, 2.45) is 0 Å². The van der Waals surface area contributed by atoms with Crippen LogP contribution in [0.15, 0.2) is 42.6 Å². The highest BCUT2D eigenvalue weighted by molar-refractivity contribution is 5.98. The fourth-order valence-electron chi connectivity index (χ4n) is 2.35. The molecule has 6 nitrogen and oxygen atoms in total.